The topological polar surface area (TPSA) is 46.1 Å². The number of carbonyl (C=O) groups is 1. The number of amides is 1. The molecule has 1 aliphatic heterocycles. The number of aromatic nitrogens is 2. The number of halogens is 3. The lowest BCUT2D eigenvalue weighted by Crippen LogP contribution is -2.39. The first-order chi connectivity index (χ1) is 8.08. The molecule has 0 spiro atoms. The van der Waals surface area contributed by atoms with Crippen molar-refractivity contribution in [3.63, 3.8) is 0 Å². The Labute approximate surface area is 108 Å². The molecule has 2 rings (SSSR count). The highest BCUT2D eigenvalue weighted by Gasteiger charge is 2.25. The fourth-order valence-electron chi connectivity index (χ4n) is 1.71. The molecule has 1 aliphatic rings. The highest BCUT2D eigenvalue weighted by atomic mass is 35.5. The summed E-state index contributed by atoms with van der Waals surface area (Å²) in [6, 6.07) is 0. The van der Waals surface area contributed by atoms with E-state index >= 15 is 0 Å². The summed E-state index contributed by atoms with van der Waals surface area (Å²) in [5.74, 6) is -0.279. The predicted molar refractivity (Wildman–Crippen MR) is 62.1 cm³/mol. The summed E-state index contributed by atoms with van der Waals surface area (Å²) in [5.41, 5.74) is 0.202. The van der Waals surface area contributed by atoms with Crippen LogP contribution in [0.3, 0.4) is 0 Å². The normalized spacial score (nSPS) is 17.2. The Bertz CT molecular complexity index is 436. The quantitative estimate of drug-likeness (QED) is 0.585. The Balaban J connectivity index is 2.14. The highest BCUT2D eigenvalue weighted by molar-refractivity contribution is 6.34. The zero-order valence-electron chi connectivity index (χ0n) is 8.87. The van der Waals surface area contributed by atoms with Crippen LogP contribution in [0.25, 0.3) is 0 Å². The molecule has 0 bridgehead atoms. The lowest BCUT2D eigenvalue weighted by Gasteiger charge is -2.28. The molecule has 0 radical (unpaired) electrons. The van der Waals surface area contributed by atoms with Gasteiger partial charge in [0, 0.05) is 19.3 Å². The average molecular weight is 278 g/mol. The molecule has 4 nitrogen and oxygen atoms in total. The molecule has 1 amide bonds. The van der Waals surface area contributed by atoms with E-state index in [1.165, 1.54) is 6.20 Å². The molecule has 17 heavy (non-hydrogen) atoms. The maximum absolute atomic E-state index is 12.9. The summed E-state index contributed by atoms with van der Waals surface area (Å²) in [4.78, 5) is 21.0. The van der Waals surface area contributed by atoms with E-state index < -0.39 is 6.17 Å². The van der Waals surface area contributed by atoms with Gasteiger partial charge in [-0.25, -0.2) is 14.4 Å². The van der Waals surface area contributed by atoms with Crippen LogP contribution in [0.5, 0.6) is 0 Å². The summed E-state index contributed by atoms with van der Waals surface area (Å²) in [6.07, 6.45) is 1.19. The lowest BCUT2D eigenvalue weighted by atomic mass is 10.1. The minimum atomic E-state index is -0.823. The Morgan fingerprint density at radius 2 is 2.06 bits per heavy atom. The molecule has 0 aromatic carbocycles. The lowest BCUT2D eigenvalue weighted by molar-refractivity contribution is 0.0666. The number of nitrogens with zero attached hydrogens (tertiary/aromatic N) is 3. The van der Waals surface area contributed by atoms with Crippen molar-refractivity contribution >= 4 is 29.1 Å². The van der Waals surface area contributed by atoms with Gasteiger partial charge in [-0.2, -0.15) is 0 Å². The molecule has 0 aliphatic carbocycles. The second kappa shape index (κ2) is 5.14. The van der Waals surface area contributed by atoms with Gasteiger partial charge in [0.2, 0.25) is 5.28 Å². The van der Waals surface area contributed by atoms with Crippen molar-refractivity contribution in [1.82, 2.24) is 14.9 Å². The molecule has 0 unspecified atom stereocenters. The van der Waals surface area contributed by atoms with Crippen molar-refractivity contribution in [1.29, 1.82) is 0 Å². The van der Waals surface area contributed by atoms with Crippen molar-refractivity contribution in [2.24, 2.45) is 0 Å². The van der Waals surface area contributed by atoms with E-state index in [-0.39, 0.29) is 21.9 Å². The molecule has 92 valence electrons. The Morgan fingerprint density at radius 1 is 1.41 bits per heavy atom. The molecule has 1 fully saturated rings. The van der Waals surface area contributed by atoms with Gasteiger partial charge in [0.1, 0.15) is 11.3 Å². The standard InChI is InChI=1S/C10H10Cl2FN3O/c11-8-7(5-14-10(12)15-8)9(17)16-3-1-6(13)2-4-16/h5-6H,1-4H2. The average Bonchev–Trinajstić information content (AvgIpc) is 2.29. The van der Waals surface area contributed by atoms with Gasteiger partial charge in [0.25, 0.3) is 5.91 Å². The van der Waals surface area contributed by atoms with Gasteiger partial charge in [-0.05, 0) is 24.4 Å². The monoisotopic (exact) mass is 277 g/mol. The molecule has 2 heterocycles. The molecule has 0 saturated carbocycles. The maximum atomic E-state index is 12.9. The second-order valence-electron chi connectivity index (χ2n) is 3.81. The number of hydrogen-bond acceptors (Lipinski definition) is 3. The Hall–Kier alpha value is -0.940. The molecule has 0 N–H and O–H groups in total. The van der Waals surface area contributed by atoms with Crippen LogP contribution in [0.2, 0.25) is 10.4 Å². The van der Waals surface area contributed by atoms with Gasteiger partial charge in [-0.1, -0.05) is 11.6 Å². The van der Waals surface area contributed by atoms with Crippen molar-refractivity contribution in [2.45, 2.75) is 19.0 Å². The summed E-state index contributed by atoms with van der Waals surface area (Å²) >= 11 is 11.4. The van der Waals surface area contributed by atoms with Crippen molar-refractivity contribution in [3.05, 3.63) is 22.2 Å². The third-order valence-corrected chi connectivity index (χ3v) is 3.13. The maximum Gasteiger partial charge on any atom is 0.258 e. The smallest absolute Gasteiger partial charge is 0.258 e. The van der Waals surface area contributed by atoms with Gasteiger partial charge in [0.15, 0.2) is 0 Å². The second-order valence-corrected chi connectivity index (χ2v) is 4.51. The first kappa shape index (κ1) is 12.5. The van der Waals surface area contributed by atoms with E-state index in [1.807, 2.05) is 0 Å². The van der Waals surface area contributed by atoms with Crippen LogP contribution in [0.4, 0.5) is 4.39 Å². The molecular weight excluding hydrogens is 268 g/mol. The molecule has 1 saturated heterocycles. The third kappa shape index (κ3) is 2.84. The van der Waals surface area contributed by atoms with Gasteiger partial charge in [-0.3, -0.25) is 4.79 Å². The first-order valence-electron chi connectivity index (χ1n) is 5.19. The summed E-state index contributed by atoms with van der Waals surface area (Å²) in [5, 5.41) is 0.0198. The van der Waals surface area contributed by atoms with Crippen LogP contribution in [0.1, 0.15) is 23.2 Å². The Kier molecular flexibility index (Phi) is 3.79. The Morgan fingerprint density at radius 3 is 2.65 bits per heavy atom. The number of alkyl halides is 1. The number of likely N-dealkylation sites (tertiary alicyclic amines) is 1. The largest absolute Gasteiger partial charge is 0.338 e. The first-order valence-corrected chi connectivity index (χ1v) is 5.95. The number of hydrogen-bond donors (Lipinski definition) is 0. The number of piperidine rings is 1. The molecule has 1 aromatic heterocycles. The van der Waals surface area contributed by atoms with Crippen molar-refractivity contribution < 1.29 is 9.18 Å². The zero-order chi connectivity index (χ0) is 12.4. The van der Waals surface area contributed by atoms with E-state index in [9.17, 15) is 9.18 Å². The van der Waals surface area contributed by atoms with Crippen molar-refractivity contribution in [3.8, 4) is 0 Å². The minimum Gasteiger partial charge on any atom is -0.338 e. The predicted octanol–water partition coefficient (Wildman–Crippen LogP) is 2.36. The van der Waals surface area contributed by atoms with E-state index in [0.717, 1.165) is 0 Å². The van der Waals surface area contributed by atoms with E-state index in [0.29, 0.717) is 25.9 Å². The fraction of sp³-hybridized carbons (Fsp3) is 0.500. The SMILES string of the molecule is O=C(c1cnc(Cl)nc1Cl)N1CCC(F)CC1. The summed E-state index contributed by atoms with van der Waals surface area (Å²) in [6.45, 7) is 0.776. The zero-order valence-corrected chi connectivity index (χ0v) is 10.4. The van der Waals surface area contributed by atoms with Crippen LogP contribution < -0.4 is 0 Å². The molecule has 1 aromatic rings. The van der Waals surface area contributed by atoms with Crippen LogP contribution in [0.15, 0.2) is 6.20 Å². The summed E-state index contributed by atoms with van der Waals surface area (Å²) in [7, 11) is 0. The van der Waals surface area contributed by atoms with E-state index in [1.54, 1.807) is 4.90 Å². The van der Waals surface area contributed by atoms with Gasteiger partial charge >= 0.3 is 0 Å². The van der Waals surface area contributed by atoms with Crippen molar-refractivity contribution in [2.75, 3.05) is 13.1 Å². The van der Waals surface area contributed by atoms with E-state index in [4.69, 9.17) is 23.2 Å². The fourth-order valence-corrected chi connectivity index (χ4v) is 2.09. The van der Waals surface area contributed by atoms with Crippen LogP contribution in [-0.2, 0) is 0 Å². The number of rotatable bonds is 1. The molecule has 0 atom stereocenters. The van der Waals surface area contributed by atoms with Gasteiger partial charge in [-0.15, -0.1) is 0 Å². The van der Waals surface area contributed by atoms with Crippen LogP contribution in [0, 0.1) is 0 Å². The van der Waals surface area contributed by atoms with Crippen LogP contribution in [-0.4, -0.2) is 40.0 Å². The van der Waals surface area contributed by atoms with Gasteiger partial charge in [0.05, 0.1) is 5.56 Å². The van der Waals surface area contributed by atoms with Crippen LogP contribution >= 0.6 is 23.2 Å². The minimum absolute atomic E-state index is 0.00554. The molecule has 7 heteroatoms. The van der Waals surface area contributed by atoms with Gasteiger partial charge < -0.3 is 4.90 Å². The van der Waals surface area contributed by atoms with E-state index in [2.05, 4.69) is 9.97 Å². The highest BCUT2D eigenvalue weighted by Crippen LogP contribution is 2.20. The summed E-state index contributed by atoms with van der Waals surface area (Å²) < 4.78 is 12.9. The number of carbonyl (C=O) groups excluding carboxylic acids is 1. The molecular formula is C10H10Cl2FN3O. The third-order valence-electron chi connectivity index (χ3n) is 2.65.